The Morgan fingerprint density at radius 2 is 1.79 bits per heavy atom. The van der Waals surface area contributed by atoms with Crippen molar-refractivity contribution >= 4 is 22.4 Å². The van der Waals surface area contributed by atoms with Gasteiger partial charge in [0.1, 0.15) is 5.75 Å². The van der Waals surface area contributed by atoms with Gasteiger partial charge >= 0.3 is 0 Å². The van der Waals surface area contributed by atoms with E-state index in [1.807, 2.05) is 12.1 Å². The molecule has 3 heterocycles. The first-order valence-corrected chi connectivity index (χ1v) is 9.08. The lowest BCUT2D eigenvalue weighted by Gasteiger charge is -2.36. The van der Waals surface area contributed by atoms with Crippen molar-refractivity contribution in [1.29, 1.82) is 0 Å². The molecule has 0 spiro atoms. The minimum Gasteiger partial charge on any atom is -0.495 e. The predicted octanol–water partition coefficient (Wildman–Crippen LogP) is 1.30. The normalized spacial score (nSPS) is 14.4. The number of benzene rings is 1. The number of aromatic nitrogens is 3. The SMILES string of the molecule is COc1cncc(N2CCN(C(=O)c3nn(C)c(=O)c4ccccc34)CC2)c1. The Labute approximate surface area is 162 Å². The number of rotatable bonds is 3. The Morgan fingerprint density at radius 1 is 1.07 bits per heavy atom. The van der Waals surface area contributed by atoms with Crippen LogP contribution in [0.5, 0.6) is 5.75 Å². The van der Waals surface area contributed by atoms with Crippen LogP contribution in [-0.4, -0.2) is 58.9 Å². The lowest BCUT2D eigenvalue weighted by molar-refractivity contribution is 0.0740. The fourth-order valence-corrected chi connectivity index (χ4v) is 3.47. The molecule has 2 aromatic heterocycles. The van der Waals surface area contributed by atoms with Crippen LogP contribution in [0.4, 0.5) is 5.69 Å². The first kappa shape index (κ1) is 18.0. The van der Waals surface area contributed by atoms with Gasteiger partial charge in [-0.3, -0.25) is 14.6 Å². The summed E-state index contributed by atoms with van der Waals surface area (Å²) < 4.78 is 6.46. The van der Waals surface area contributed by atoms with E-state index in [4.69, 9.17) is 4.74 Å². The molecule has 4 rings (SSSR count). The highest BCUT2D eigenvalue weighted by atomic mass is 16.5. The van der Waals surface area contributed by atoms with Crippen molar-refractivity contribution < 1.29 is 9.53 Å². The minimum atomic E-state index is -0.206. The van der Waals surface area contributed by atoms with Crippen molar-refractivity contribution in [3.8, 4) is 5.75 Å². The van der Waals surface area contributed by atoms with Crippen LogP contribution in [0.1, 0.15) is 10.5 Å². The molecule has 28 heavy (non-hydrogen) atoms. The molecule has 1 saturated heterocycles. The molecule has 3 aromatic rings. The summed E-state index contributed by atoms with van der Waals surface area (Å²) in [5, 5.41) is 5.35. The number of ether oxygens (including phenoxy) is 1. The number of nitrogens with zero attached hydrogens (tertiary/aromatic N) is 5. The van der Waals surface area contributed by atoms with Gasteiger partial charge in [0.2, 0.25) is 0 Å². The molecule has 8 heteroatoms. The molecular weight excluding hydrogens is 358 g/mol. The lowest BCUT2D eigenvalue weighted by atomic mass is 10.1. The second-order valence-corrected chi connectivity index (χ2v) is 6.69. The van der Waals surface area contributed by atoms with Crippen molar-refractivity contribution in [2.45, 2.75) is 0 Å². The summed E-state index contributed by atoms with van der Waals surface area (Å²) in [4.78, 5) is 33.6. The second-order valence-electron chi connectivity index (χ2n) is 6.69. The number of hydrogen-bond donors (Lipinski definition) is 0. The maximum atomic E-state index is 13.1. The maximum absolute atomic E-state index is 13.1. The zero-order valence-corrected chi connectivity index (χ0v) is 15.8. The molecule has 0 saturated carbocycles. The number of methoxy groups -OCH3 is 1. The Balaban J connectivity index is 1.56. The van der Waals surface area contributed by atoms with Gasteiger partial charge in [0.15, 0.2) is 5.69 Å². The van der Waals surface area contributed by atoms with Gasteiger partial charge in [-0.25, -0.2) is 4.68 Å². The van der Waals surface area contributed by atoms with E-state index >= 15 is 0 Å². The second kappa shape index (κ2) is 7.30. The number of carbonyl (C=O) groups is 1. The number of anilines is 1. The summed E-state index contributed by atoms with van der Waals surface area (Å²) in [7, 11) is 3.18. The van der Waals surface area contributed by atoms with E-state index in [2.05, 4.69) is 15.0 Å². The standard InChI is InChI=1S/C20H21N5O3/c1-23-19(26)17-6-4-3-5-16(17)18(22-23)20(27)25-9-7-24(8-10-25)14-11-15(28-2)13-21-12-14/h3-6,11-13H,7-10H2,1-2H3. The van der Waals surface area contributed by atoms with Crippen LogP contribution < -0.4 is 15.2 Å². The maximum Gasteiger partial charge on any atom is 0.275 e. The zero-order valence-electron chi connectivity index (χ0n) is 15.8. The molecular formula is C20H21N5O3. The van der Waals surface area contributed by atoms with Gasteiger partial charge in [-0.15, -0.1) is 0 Å². The number of amides is 1. The monoisotopic (exact) mass is 379 g/mol. The van der Waals surface area contributed by atoms with Crippen molar-refractivity contribution in [2.24, 2.45) is 7.05 Å². The number of hydrogen-bond acceptors (Lipinski definition) is 6. The summed E-state index contributed by atoms with van der Waals surface area (Å²) in [6.45, 7) is 2.50. The van der Waals surface area contributed by atoms with E-state index < -0.39 is 0 Å². The fraction of sp³-hybridized carbons (Fsp3) is 0.300. The van der Waals surface area contributed by atoms with Gasteiger partial charge in [-0.1, -0.05) is 18.2 Å². The van der Waals surface area contributed by atoms with E-state index in [9.17, 15) is 9.59 Å². The van der Waals surface area contributed by atoms with Gasteiger partial charge in [-0.2, -0.15) is 5.10 Å². The molecule has 1 fully saturated rings. The molecule has 144 valence electrons. The van der Waals surface area contributed by atoms with Gasteiger partial charge in [0.25, 0.3) is 11.5 Å². The van der Waals surface area contributed by atoms with Crippen molar-refractivity contribution in [3.63, 3.8) is 0 Å². The number of carbonyl (C=O) groups excluding carboxylic acids is 1. The lowest BCUT2D eigenvalue weighted by Crippen LogP contribution is -2.49. The Kier molecular flexibility index (Phi) is 4.68. The third-order valence-corrected chi connectivity index (χ3v) is 5.03. The van der Waals surface area contributed by atoms with Crippen LogP contribution >= 0.6 is 0 Å². The Morgan fingerprint density at radius 3 is 2.50 bits per heavy atom. The van der Waals surface area contributed by atoms with Gasteiger partial charge < -0.3 is 14.5 Å². The average Bonchev–Trinajstić information content (AvgIpc) is 2.76. The summed E-state index contributed by atoms with van der Waals surface area (Å²) in [5.74, 6) is 0.548. The molecule has 0 radical (unpaired) electrons. The fourth-order valence-electron chi connectivity index (χ4n) is 3.47. The zero-order chi connectivity index (χ0) is 19.7. The number of aryl methyl sites for hydroxylation is 1. The van der Waals surface area contributed by atoms with Crippen molar-refractivity contribution in [2.75, 3.05) is 38.2 Å². The minimum absolute atomic E-state index is 0.157. The molecule has 0 aliphatic carbocycles. The van der Waals surface area contributed by atoms with E-state index in [0.717, 1.165) is 5.69 Å². The molecule has 8 nitrogen and oxygen atoms in total. The summed E-state index contributed by atoms with van der Waals surface area (Å²) in [6.07, 6.45) is 3.46. The summed E-state index contributed by atoms with van der Waals surface area (Å²) >= 11 is 0. The third kappa shape index (κ3) is 3.17. The molecule has 1 aromatic carbocycles. The molecule has 0 N–H and O–H groups in total. The van der Waals surface area contributed by atoms with E-state index in [1.54, 1.807) is 49.7 Å². The Bertz CT molecular complexity index is 1090. The predicted molar refractivity (Wildman–Crippen MR) is 106 cm³/mol. The highest BCUT2D eigenvalue weighted by Crippen LogP contribution is 2.22. The summed E-state index contributed by atoms with van der Waals surface area (Å²) in [6, 6.07) is 9.04. The number of piperazine rings is 1. The first-order valence-electron chi connectivity index (χ1n) is 9.08. The molecule has 1 amide bonds. The van der Waals surface area contributed by atoms with Crippen LogP contribution in [0.25, 0.3) is 10.8 Å². The molecule has 0 bridgehead atoms. The third-order valence-electron chi connectivity index (χ3n) is 5.03. The molecule has 0 atom stereocenters. The highest BCUT2D eigenvalue weighted by Gasteiger charge is 2.25. The van der Waals surface area contributed by atoms with Crippen LogP contribution in [0, 0.1) is 0 Å². The molecule has 1 aliphatic rings. The largest absolute Gasteiger partial charge is 0.495 e. The smallest absolute Gasteiger partial charge is 0.275 e. The van der Waals surface area contributed by atoms with Crippen LogP contribution in [0.3, 0.4) is 0 Å². The van der Waals surface area contributed by atoms with Gasteiger partial charge in [-0.05, 0) is 6.07 Å². The van der Waals surface area contributed by atoms with Gasteiger partial charge in [0.05, 0.1) is 30.6 Å². The molecule has 0 unspecified atom stereocenters. The number of pyridine rings is 1. The van der Waals surface area contributed by atoms with E-state index in [1.165, 1.54) is 4.68 Å². The average molecular weight is 379 g/mol. The van der Waals surface area contributed by atoms with Crippen LogP contribution in [0.15, 0.2) is 47.5 Å². The quantitative estimate of drug-likeness (QED) is 0.682. The van der Waals surface area contributed by atoms with E-state index in [0.29, 0.717) is 48.4 Å². The van der Waals surface area contributed by atoms with E-state index in [-0.39, 0.29) is 11.5 Å². The first-order chi connectivity index (χ1) is 13.6. The number of fused-ring (bicyclic) bond motifs is 1. The van der Waals surface area contributed by atoms with Crippen LogP contribution in [-0.2, 0) is 7.05 Å². The van der Waals surface area contributed by atoms with Crippen molar-refractivity contribution in [3.05, 3.63) is 58.8 Å². The van der Waals surface area contributed by atoms with Crippen LogP contribution in [0.2, 0.25) is 0 Å². The highest BCUT2D eigenvalue weighted by molar-refractivity contribution is 6.04. The Hall–Kier alpha value is -3.42. The van der Waals surface area contributed by atoms with Crippen molar-refractivity contribution in [1.82, 2.24) is 19.7 Å². The summed E-state index contributed by atoms with van der Waals surface area (Å²) in [5.41, 5.74) is 1.08. The molecule has 1 aliphatic heterocycles. The topological polar surface area (TPSA) is 80.6 Å². The van der Waals surface area contributed by atoms with Gasteiger partial charge in [0, 0.05) is 44.7 Å².